The summed E-state index contributed by atoms with van der Waals surface area (Å²) in [6.07, 6.45) is 3.74. The van der Waals surface area contributed by atoms with Crippen LogP contribution in [-0.2, 0) is 22.6 Å². The van der Waals surface area contributed by atoms with Gasteiger partial charge in [0.05, 0.1) is 6.42 Å². The van der Waals surface area contributed by atoms with E-state index in [1.807, 2.05) is 36.4 Å². The van der Waals surface area contributed by atoms with Gasteiger partial charge in [-0.25, -0.2) is 0 Å². The Morgan fingerprint density at radius 2 is 1.86 bits per heavy atom. The quantitative estimate of drug-likeness (QED) is 0.917. The summed E-state index contributed by atoms with van der Waals surface area (Å²) in [6, 6.07) is 11.2. The third-order valence-electron chi connectivity index (χ3n) is 3.37. The summed E-state index contributed by atoms with van der Waals surface area (Å²) in [5.74, 6) is -0.0708. The van der Waals surface area contributed by atoms with Gasteiger partial charge in [0, 0.05) is 38.6 Å². The van der Waals surface area contributed by atoms with Crippen molar-refractivity contribution >= 4 is 17.5 Å². The van der Waals surface area contributed by atoms with Crippen LogP contribution in [0.4, 0.5) is 5.69 Å². The number of benzene rings is 1. The zero-order chi connectivity index (χ0) is 15.9. The second kappa shape index (κ2) is 7.36. The smallest absolute Gasteiger partial charge is 0.224 e. The molecule has 0 unspecified atom stereocenters. The van der Waals surface area contributed by atoms with Crippen LogP contribution in [-0.4, -0.2) is 23.8 Å². The van der Waals surface area contributed by atoms with Crippen LogP contribution in [0, 0.1) is 0 Å². The molecule has 2 rings (SSSR count). The zero-order valence-corrected chi connectivity index (χ0v) is 12.7. The molecule has 2 aromatic rings. The van der Waals surface area contributed by atoms with E-state index in [9.17, 15) is 9.59 Å². The van der Waals surface area contributed by atoms with E-state index in [1.54, 1.807) is 24.3 Å². The third kappa shape index (κ3) is 4.41. The highest BCUT2D eigenvalue weighted by Crippen LogP contribution is 2.14. The highest BCUT2D eigenvalue weighted by molar-refractivity contribution is 5.90. The van der Waals surface area contributed by atoms with Gasteiger partial charge in [0.1, 0.15) is 0 Å². The number of anilines is 1. The second-order valence-electron chi connectivity index (χ2n) is 5.06. The molecule has 0 radical (unpaired) electrons. The van der Waals surface area contributed by atoms with Crippen molar-refractivity contribution in [1.82, 2.24) is 10.3 Å². The molecule has 0 fully saturated rings. The highest BCUT2D eigenvalue weighted by Gasteiger charge is 2.07. The van der Waals surface area contributed by atoms with E-state index in [-0.39, 0.29) is 11.8 Å². The number of hydrogen-bond acceptors (Lipinski definition) is 3. The summed E-state index contributed by atoms with van der Waals surface area (Å²) in [4.78, 5) is 28.8. The molecule has 5 heteroatoms. The average Bonchev–Trinajstić information content (AvgIpc) is 2.54. The summed E-state index contributed by atoms with van der Waals surface area (Å²) < 4.78 is 0. The van der Waals surface area contributed by atoms with Crippen molar-refractivity contribution in [2.24, 2.45) is 0 Å². The lowest BCUT2D eigenvalue weighted by Gasteiger charge is -2.15. The molecule has 1 aromatic carbocycles. The van der Waals surface area contributed by atoms with E-state index in [0.717, 1.165) is 16.8 Å². The van der Waals surface area contributed by atoms with Crippen LogP contribution in [0.15, 0.2) is 48.8 Å². The molecule has 1 N–H and O–H groups in total. The maximum atomic E-state index is 11.9. The van der Waals surface area contributed by atoms with Crippen molar-refractivity contribution in [3.63, 3.8) is 0 Å². The topological polar surface area (TPSA) is 62.3 Å². The molecule has 0 aliphatic rings. The van der Waals surface area contributed by atoms with Crippen LogP contribution >= 0.6 is 0 Å². The number of carbonyl (C=O) groups excluding carboxylic acids is 2. The first-order chi connectivity index (χ1) is 10.6. The Hall–Kier alpha value is -2.69. The molecule has 5 nitrogen and oxygen atoms in total. The van der Waals surface area contributed by atoms with E-state index in [2.05, 4.69) is 10.3 Å². The van der Waals surface area contributed by atoms with Gasteiger partial charge in [0.15, 0.2) is 0 Å². The molecule has 0 aliphatic heterocycles. The Morgan fingerprint density at radius 3 is 2.45 bits per heavy atom. The van der Waals surface area contributed by atoms with Gasteiger partial charge in [-0.3, -0.25) is 14.6 Å². The lowest BCUT2D eigenvalue weighted by atomic mass is 10.1. The molecule has 0 atom stereocenters. The Balaban J connectivity index is 1.88. The van der Waals surface area contributed by atoms with Gasteiger partial charge in [-0.15, -0.1) is 0 Å². The monoisotopic (exact) mass is 297 g/mol. The maximum absolute atomic E-state index is 11.9. The molecule has 0 bridgehead atoms. The van der Waals surface area contributed by atoms with Gasteiger partial charge in [-0.2, -0.15) is 0 Å². The molecule has 22 heavy (non-hydrogen) atoms. The molecule has 114 valence electrons. The van der Waals surface area contributed by atoms with Gasteiger partial charge in [0.2, 0.25) is 11.8 Å². The van der Waals surface area contributed by atoms with Crippen LogP contribution in [0.2, 0.25) is 0 Å². The van der Waals surface area contributed by atoms with E-state index >= 15 is 0 Å². The molecular weight excluding hydrogens is 278 g/mol. The fraction of sp³-hybridized carbons (Fsp3) is 0.235. The second-order valence-corrected chi connectivity index (χ2v) is 5.06. The molecule has 0 aliphatic carbocycles. The number of carbonyl (C=O) groups is 2. The predicted molar refractivity (Wildman–Crippen MR) is 85.3 cm³/mol. The maximum Gasteiger partial charge on any atom is 0.224 e. The van der Waals surface area contributed by atoms with Crippen LogP contribution in [0.25, 0.3) is 0 Å². The summed E-state index contributed by atoms with van der Waals surface area (Å²) in [6.45, 7) is 1.98. The van der Waals surface area contributed by atoms with Gasteiger partial charge in [-0.1, -0.05) is 18.2 Å². The zero-order valence-electron chi connectivity index (χ0n) is 12.7. The van der Waals surface area contributed by atoms with E-state index < -0.39 is 0 Å². The highest BCUT2D eigenvalue weighted by atomic mass is 16.2. The van der Waals surface area contributed by atoms with Crippen molar-refractivity contribution in [1.29, 1.82) is 0 Å². The Labute approximate surface area is 130 Å². The lowest BCUT2D eigenvalue weighted by molar-refractivity contribution is -0.120. The SMILES string of the molecule is CC(=O)N(C)c1ccc(CC(=O)NCc2cccnc2)cc1. The van der Waals surface area contributed by atoms with Crippen LogP contribution < -0.4 is 10.2 Å². The summed E-state index contributed by atoms with van der Waals surface area (Å²) in [5, 5.41) is 2.86. The van der Waals surface area contributed by atoms with Gasteiger partial charge in [0.25, 0.3) is 0 Å². The Kier molecular flexibility index (Phi) is 5.25. The van der Waals surface area contributed by atoms with Crippen LogP contribution in [0.1, 0.15) is 18.1 Å². The summed E-state index contributed by atoms with van der Waals surface area (Å²) in [7, 11) is 1.72. The largest absolute Gasteiger partial charge is 0.352 e. The van der Waals surface area contributed by atoms with Gasteiger partial charge >= 0.3 is 0 Å². The third-order valence-corrected chi connectivity index (χ3v) is 3.37. The lowest BCUT2D eigenvalue weighted by Crippen LogP contribution is -2.25. The van der Waals surface area contributed by atoms with Crippen molar-refractivity contribution in [3.05, 3.63) is 59.9 Å². The first kappa shape index (κ1) is 15.7. The minimum atomic E-state index is -0.0449. The molecule has 0 spiro atoms. The first-order valence-corrected chi connectivity index (χ1v) is 7.05. The van der Waals surface area contributed by atoms with Crippen LogP contribution in [0.5, 0.6) is 0 Å². The molecular formula is C17H19N3O2. The van der Waals surface area contributed by atoms with Crippen LogP contribution in [0.3, 0.4) is 0 Å². The predicted octanol–water partition coefficient (Wildman–Crippen LogP) is 1.92. The van der Waals surface area contributed by atoms with Crippen molar-refractivity contribution < 1.29 is 9.59 Å². The van der Waals surface area contributed by atoms with Crippen molar-refractivity contribution in [3.8, 4) is 0 Å². The summed E-state index contributed by atoms with van der Waals surface area (Å²) >= 11 is 0. The minimum Gasteiger partial charge on any atom is -0.352 e. The van der Waals surface area contributed by atoms with Gasteiger partial charge < -0.3 is 10.2 Å². The van der Waals surface area contributed by atoms with E-state index in [4.69, 9.17) is 0 Å². The number of hydrogen-bond donors (Lipinski definition) is 1. The molecule has 1 aromatic heterocycles. The molecule has 0 saturated heterocycles. The first-order valence-electron chi connectivity index (χ1n) is 7.05. The van der Waals surface area contributed by atoms with Crippen molar-refractivity contribution in [2.45, 2.75) is 19.9 Å². The number of pyridine rings is 1. The Morgan fingerprint density at radius 1 is 1.14 bits per heavy atom. The standard InChI is InChI=1S/C17H19N3O2/c1-13(21)20(2)16-7-5-14(6-8-16)10-17(22)19-12-15-4-3-9-18-11-15/h3-9,11H,10,12H2,1-2H3,(H,19,22). The fourth-order valence-electron chi connectivity index (χ4n) is 1.97. The summed E-state index contributed by atoms with van der Waals surface area (Å²) in [5.41, 5.74) is 2.69. The number of nitrogens with one attached hydrogen (secondary N) is 1. The fourth-order valence-corrected chi connectivity index (χ4v) is 1.97. The van der Waals surface area contributed by atoms with Gasteiger partial charge in [-0.05, 0) is 29.3 Å². The minimum absolute atomic E-state index is 0.0260. The van der Waals surface area contributed by atoms with Crippen molar-refractivity contribution in [2.75, 3.05) is 11.9 Å². The number of nitrogens with zero attached hydrogens (tertiary/aromatic N) is 2. The normalized spacial score (nSPS) is 10.1. The number of aromatic nitrogens is 1. The van der Waals surface area contributed by atoms with E-state index in [0.29, 0.717) is 13.0 Å². The number of rotatable bonds is 5. The average molecular weight is 297 g/mol. The van der Waals surface area contributed by atoms with E-state index in [1.165, 1.54) is 6.92 Å². The number of amides is 2. The Bertz CT molecular complexity index is 639. The molecule has 0 saturated carbocycles. The molecule has 2 amide bonds. The molecule has 1 heterocycles.